The van der Waals surface area contributed by atoms with Crippen molar-refractivity contribution in [1.82, 2.24) is 10.6 Å². The van der Waals surface area contributed by atoms with Gasteiger partial charge in [-0.2, -0.15) is 0 Å². The molecular formula is C18H28N2O4. The van der Waals surface area contributed by atoms with Crippen LogP contribution in [0.25, 0.3) is 0 Å². The molecule has 1 aromatic rings. The van der Waals surface area contributed by atoms with E-state index in [2.05, 4.69) is 10.6 Å². The Hall–Kier alpha value is -2.24. The van der Waals surface area contributed by atoms with Crippen molar-refractivity contribution >= 4 is 11.8 Å². The topological polar surface area (TPSA) is 76.7 Å². The fourth-order valence-electron chi connectivity index (χ4n) is 2.14. The molecule has 2 N–H and O–H groups in total. The zero-order chi connectivity index (χ0) is 18.2. The highest BCUT2D eigenvalue weighted by Crippen LogP contribution is 2.27. The summed E-state index contributed by atoms with van der Waals surface area (Å²) in [6, 6.07) is 5.63. The van der Waals surface area contributed by atoms with E-state index in [0.717, 1.165) is 12.0 Å². The van der Waals surface area contributed by atoms with Gasteiger partial charge in [-0.3, -0.25) is 9.59 Å². The van der Waals surface area contributed by atoms with Gasteiger partial charge in [-0.1, -0.05) is 13.0 Å². The molecule has 1 rings (SSSR count). The number of carbonyl (C=O) groups is 2. The molecule has 0 fully saturated rings. The van der Waals surface area contributed by atoms with Crippen molar-refractivity contribution in [1.29, 1.82) is 0 Å². The van der Waals surface area contributed by atoms with Crippen molar-refractivity contribution in [2.45, 2.75) is 33.6 Å². The van der Waals surface area contributed by atoms with Gasteiger partial charge in [0.05, 0.1) is 14.2 Å². The largest absolute Gasteiger partial charge is 0.493 e. The summed E-state index contributed by atoms with van der Waals surface area (Å²) in [7, 11) is 3.17. The van der Waals surface area contributed by atoms with Crippen molar-refractivity contribution < 1.29 is 19.1 Å². The summed E-state index contributed by atoms with van der Waals surface area (Å²) in [5, 5.41) is 5.58. The van der Waals surface area contributed by atoms with E-state index in [4.69, 9.17) is 9.47 Å². The second-order valence-corrected chi connectivity index (χ2v) is 6.08. The lowest BCUT2D eigenvalue weighted by molar-refractivity contribution is -0.141. The molecule has 0 aliphatic heterocycles. The van der Waals surface area contributed by atoms with Gasteiger partial charge >= 0.3 is 0 Å². The number of rotatable bonds is 9. The number of hydrogen-bond acceptors (Lipinski definition) is 4. The molecule has 0 spiro atoms. The number of ether oxygens (including phenoxy) is 2. The second kappa shape index (κ2) is 9.15. The summed E-state index contributed by atoms with van der Waals surface area (Å²) in [6.07, 6.45) is 1.47. The third-order valence-corrected chi connectivity index (χ3v) is 3.82. The Labute approximate surface area is 143 Å². The molecule has 0 aliphatic carbocycles. The summed E-state index contributed by atoms with van der Waals surface area (Å²) in [5.41, 5.74) is -0.0755. The third-order valence-electron chi connectivity index (χ3n) is 3.82. The number of nitrogens with one attached hydrogen (secondary N) is 2. The molecule has 2 amide bonds. The highest BCUT2D eigenvalue weighted by molar-refractivity contribution is 6.04. The highest BCUT2D eigenvalue weighted by Gasteiger charge is 2.35. The van der Waals surface area contributed by atoms with Crippen LogP contribution in [0.4, 0.5) is 0 Å². The van der Waals surface area contributed by atoms with Crippen LogP contribution in [0.3, 0.4) is 0 Å². The van der Waals surface area contributed by atoms with Gasteiger partial charge in [0.1, 0.15) is 5.41 Å². The van der Waals surface area contributed by atoms with Crippen LogP contribution in [-0.2, 0) is 16.0 Å². The monoisotopic (exact) mass is 336 g/mol. The molecule has 134 valence electrons. The Kier molecular flexibility index (Phi) is 7.55. The van der Waals surface area contributed by atoms with Gasteiger partial charge in [0, 0.05) is 13.1 Å². The number of methoxy groups -OCH3 is 2. The number of benzene rings is 1. The van der Waals surface area contributed by atoms with E-state index in [-0.39, 0.29) is 11.8 Å². The van der Waals surface area contributed by atoms with E-state index in [1.54, 1.807) is 28.1 Å². The summed E-state index contributed by atoms with van der Waals surface area (Å²) >= 11 is 0. The van der Waals surface area contributed by atoms with Crippen LogP contribution in [0.2, 0.25) is 0 Å². The molecule has 0 unspecified atom stereocenters. The first kappa shape index (κ1) is 19.8. The Morgan fingerprint density at radius 3 is 2.12 bits per heavy atom. The summed E-state index contributed by atoms with van der Waals surface area (Å²) in [6.45, 7) is 6.24. The minimum Gasteiger partial charge on any atom is -0.493 e. The van der Waals surface area contributed by atoms with E-state index in [1.165, 1.54) is 0 Å². The zero-order valence-corrected chi connectivity index (χ0v) is 15.2. The SMILES string of the molecule is CCCNC(=O)C(C)(C)C(=O)NCCc1ccc(OC)c(OC)c1. The molecule has 24 heavy (non-hydrogen) atoms. The van der Waals surface area contributed by atoms with Crippen LogP contribution >= 0.6 is 0 Å². The smallest absolute Gasteiger partial charge is 0.235 e. The average Bonchev–Trinajstić information content (AvgIpc) is 2.58. The van der Waals surface area contributed by atoms with Crippen LogP contribution in [-0.4, -0.2) is 39.1 Å². The molecule has 0 bridgehead atoms. The Morgan fingerprint density at radius 2 is 1.58 bits per heavy atom. The van der Waals surface area contributed by atoms with Crippen molar-refractivity contribution in [2.24, 2.45) is 5.41 Å². The minimum absolute atomic E-state index is 0.257. The predicted molar refractivity (Wildman–Crippen MR) is 93.3 cm³/mol. The van der Waals surface area contributed by atoms with E-state index >= 15 is 0 Å². The van der Waals surface area contributed by atoms with Crippen LogP contribution in [0, 0.1) is 5.41 Å². The minimum atomic E-state index is -1.09. The van der Waals surface area contributed by atoms with Gasteiger partial charge < -0.3 is 20.1 Å². The maximum Gasteiger partial charge on any atom is 0.235 e. The average molecular weight is 336 g/mol. The van der Waals surface area contributed by atoms with E-state index < -0.39 is 5.41 Å². The molecule has 0 saturated carbocycles. The van der Waals surface area contributed by atoms with Gasteiger partial charge in [-0.05, 0) is 44.4 Å². The molecule has 6 heteroatoms. The van der Waals surface area contributed by atoms with Crippen LogP contribution < -0.4 is 20.1 Å². The van der Waals surface area contributed by atoms with Crippen molar-refractivity contribution in [2.75, 3.05) is 27.3 Å². The predicted octanol–water partition coefficient (Wildman–Crippen LogP) is 1.91. The second-order valence-electron chi connectivity index (χ2n) is 6.08. The molecule has 0 atom stereocenters. The van der Waals surface area contributed by atoms with Crippen molar-refractivity contribution in [3.63, 3.8) is 0 Å². The van der Waals surface area contributed by atoms with E-state index in [0.29, 0.717) is 31.0 Å². The summed E-state index contributed by atoms with van der Waals surface area (Å²) in [5.74, 6) is 0.782. The molecule has 6 nitrogen and oxygen atoms in total. The Morgan fingerprint density at radius 1 is 1.00 bits per heavy atom. The lowest BCUT2D eigenvalue weighted by Gasteiger charge is -2.22. The van der Waals surface area contributed by atoms with Crippen LogP contribution in [0.5, 0.6) is 11.5 Å². The number of amides is 2. The molecule has 0 aliphatic rings. The quantitative estimate of drug-likeness (QED) is 0.676. The van der Waals surface area contributed by atoms with Crippen molar-refractivity contribution in [3.05, 3.63) is 23.8 Å². The van der Waals surface area contributed by atoms with E-state index in [9.17, 15) is 9.59 Å². The zero-order valence-electron chi connectivity index (χ0n) is 15.2. The van der Waals surface area contributed by atoms with Gasteiger partial charge in [0.2, 0.25) is 11.8 Å². The lowest BCUT2D eigenvalue weighted by Crippen LogP contribution is -2.48. The summed E-state index contributed by atoms with van der Waals surface area (Å²) in [4.78, 5) is 24.3. The fourth-order valence-corrected chi connectivity index (χ4v) is 2.14. The van der Waals surface area contributed by atoms with Gasteiger partial charge in [0.25, 0.3) is 0 Å². The molecule has 0 radical (unpaired) electrons. The van der Waals surface area contributed by atoms with Crippen LogP contribution in [0.15, 0.2) is 18.2 Å². The van der Waals surface area contributed by atoms with E-state index in [1.807, 2.05) is 25.1 Å². The maximum absolute atomic E-state index is 12.3. The molecule has 0 aromatic heterocycles. The van der Waals surface area contributed by atoms with Crippen molar-refractivity contribution in [3.8, 4) is 11.5 Å². The first-order valence-electron chi connectivity index (χ1n) is 8.14. The molecule has 1 aromatic carbocycles. The molecule has 0 heterocycles. The fraction of sp³-hybridized carbons (Fsp3) is 0.556. The lowest BCUT2D eigenvalue weighted by atomic mass is 9.91. The maximum atomic E-state index is 12.3. The Bertz CT molecular complexity index is 570. The summed E-state index contributed by atoms with van der Waals surface area (Å²) < 4.78 is 10.5. The first-order valence-corrected chi connectivity index (χ1v) is 8.14. The first-order chi connectivity index (χ1) is 11.4. The Balaban J connectivity index is 2.57. The molecular weight excluding hydrogens is 308 g/mol. The number of hydrogen-bond donors (Lipinski definition) is 2. The number of carbonyl (C=O) groups excluding carboxylic acids is 2. The van der Waals surface area contributed by atoms with Gasteiger partial charge in [0.15, 0.2) is 11.5 Å². The van der Waals surface area contributed by atoms with Gasteiger partial charge in [-0.15, -0.1) is 0 Å². The van der Waals surface area contributed by atoms with Crippen LogP contribution in [0.1, 0.15) is 32.8 Å². The standard InChI is InChI=1S/C18H28N2O4/c1-6-10-19-16(21)18(2,3)17(22)20-11-9-13-7-8-14(23-4)15(12-13)24-5/h7-8,12H,6,9-11H2,1-5H3,(H,19,21)(H,20,22). The van der Waals surface area contributed by atoms with Gasteiger partial charge in [-0.25, -0.2) is 0 Å². The molecule has 0 saturated heterocycles. The highest BCUT2D eigenvalue weighted by atomic mass is 16.5. The third kappa shape index (κ3) is 5.15. The normalized spacial score (nSPS) is 10.9.